The van der Waals surface area contributed by atoms with Crippen LogP contribution in [0.5, 0.6) is 0 Å². The molecule has 3 rings (SSSR count). The molecule has 3 aromatic rings. The van der Waals surface area contributed by atoms with Crippen LogP contribution in [0.1, 0.15) is 0 Å². The average molecular weight is 205 g/mol. The summed E-state index contributed by atoms with van der Waals surface area (Å²) in [7, 11) is 0. The molecule has 2 heterocycles. The minimum atomic E-state index is 0.239. The Balaban J connectivity index is 2.60. The second-order valence-corrected chi connectivity index (χ2v) is 3.25. The van der Waals surface area contributed by atoms with E-state index in [0.29, 0.717) is 0 Å². The molecule has 0 radical (unpaired) electrons. The van der Waals surface area contributed by atoms with E-state index in [1.54, 1.807) is 10.8 Å². The number of hydrogen-bond acceptors (Lipinski definition) is 3. The van der Waals surface area contributed by atoms with Crippen molar-refractivity contribution in [3.8, 4) is 0 Å². The van der Waals surface area contributed by atoms with Crippen LogP contribution >= 0.6 is 11.6 Å². The summed E-state index contributed by atoms with van der Waals surface area (Å²) >= 11 is 5.71. The minimum Gasteiger partial charge on any atom is -0.236 e. The molecule has 0 bridgehead atoms. The summed E-state index contributed by atoms with van der Waals surface area (Å²) in [6.07, 6.45) is 1.61. The van der Waals surface area contributed by atoms with Gasteiger partial charge in [-0.25, -0.2) is 9.50 Å². The van der Waals surface area contributed by atoms with E-state index in [0.717, 1.165) is 16.6 Å². The zero-order chi connectivity index (χ0) is 9.54. The Hall–Kier alpha value is -1.68. The molecule has 0 aliphatic rings. The summed E-state index contributed by atoms with van der Waals surface area (Å²) in [5.41, 5.74) is 1.63. The predicted octanol–water partition coefficient (Wildman–Crippen LogP) is 1.93. The van der Waals surface area contributed by atoms with Gasteiger partial charge in [-0.15, -0.1) is 5.10 Å². The van der Waals surface area contributed by atoms with Crippen LogP contribution in [0.3, 0.4) is 0 Å². The van der Waals surface area contributed by atoms with Gasteiger partial charge >= 0.3 is 0 Å². The van der Waals surface area contributed by atoms with Crippen molar-refractivity contribution in [2.75, 3.05) is 0 Å². The normalized spacial score (nSPS) is 11.2. The minimum absolute atomic E-state index is 0.239. The average Bonchev–Trinajstić information content (AvgIpc) is 2.59. The number of rotatable bonds is 0. The van der Waals surface area contributed by atoms with Crippen LogP contribution < -0.4 is 0 Å². The van der Waals surface area contributed by atoms with Crippen molar-refractivity contribution in [3.05, 3.63) is 35.9 Å². The molecule has 14 heavy (non-hydrogen) atoms. The van der Waals surface area contributed by atoms with Gasteiger partial charge in [0.25, 0.3) is 0 Å². The van der Waals surface area contributed by atoms with E-state index in [1.807, 2.05) is 24.3 Å². The zero-order valence-electron chi connectivity index (χ0n) is 7.05. The Bertz CT molecular complexity index is 616. The van der Waals surface area contributed by atoms with Gasteiger partial charge in [0.1, 0.15) is 6.33 Å². The van der Waals surface area contributed by atoms with E-state index >= 15 is 0 Å². The highest BCUT2D eigenvalue weighted by molar-refractivity contribution is 6.28. The van der Waals surface area contributed by atoms with Crippen molar-refractivity contribution >= 4 is 28.2 Å². The second kappa shape index (κ2) is 2.65. The van der Waals surface area contributed by atoms with Gasteiger partial charge in [-0.05, 0) is 23.7 Å². The highest BCUT2D eigenvalue weighted by Crippen LogP contribution is 2.16. The Morgan fingerprint density at radius 1 is 1.21 bits per heavy atom. The summed E-state index contributed by atoms with van der Waals surface area (Å²) in [4.78, 5) is 8.34. The fourth-order valence-corrected chi connectivity index (χ4v) is 1.62. The highest BCUT2D eigenvalue weighted by atomic mass is 35.5. The van der Waals surface area contributed by atoms with Crippen molar-refractivity contribution in [1.82, 2.24) is 19.6 Å². The molecule has 0 unspecified atom stereocenters. The van der Waals surface area contributed by atoms with Gasteiger partial charge < -0.3 is 0 Å². The van der Waals surface area contributed by atoms with Crippen LogP contribution in [0, 0.1) is 0 Å². The molecule has 4 nitrogen and oxygen atoms in total. The number of fused-ring (bicyclic) bond motifs is 3. The molecule has 5 heteroatoms. The third kappa shape index (κ3) is 0.975. The van der Waals surface area contributed by atoms with Crippen LogP contribution in [-0.2, 0) is 0 Å². The maximum atomic E-state index is 5.71. The number of aromatic nitrogens is 4. The second-order valence-electron chi connectivity index (χ2n) is 2.91. The molecule has 0 saturated heterocycles. The molecule has 0 fully saturated rings. The lowest BCUT2D eigenvalue weighted by Gasteiger charge is -1.96. The molecular formula is C9H5ClN4. The van der Waals surface area contributed by atoms with Gasteiger partial charge in [0.15, 0.2) is 5.65 Å². The number of para-hydroxylation sites is 1. The van der Waals surface area contributed by atoms with Crippen LogP contribution in [-0.4, -0.2) is 19.6 Å². The Morgan fingerprint density at radius 2 is 2.07 bits per heavy atom. The molecule has 1 aromatic carbocycles. The van der Waals surface area contributed by atoms with Crippen molar-refractivity contribution < 1.29 is 0 Å². The largest absolute Gasteiger partial charge is 0.243 e. The molecule has 2 aromatic heterocycles. The fourth-order valence-electron chi connectivity index (χ4n) is 1.45. The molecule has 0 atom stereocenters. The third-order valence-electron chi connectivity index (χ3n) is 2.06. The lowest BCUT2D eigenvalue weighted by Crippen LogP contribution is -1.90. The third-order valence-corrected chi connectivity index (χ3v) is 2.22. The zero-order valence-corrected chi connectivity index (χ0v) is 7.81. The molecule has 0 spiro atoms. The maximum Gasteiger partial charge on any atom is 0.243 e. The number of hydrogen-bond donors (Lipinski definition) is 0. The van der Waals surface area contributed by atoms with Crippen LogP contribution in [0.15, 0.2) is 30.6 Å². The first kappa shape index (κ1) is 7.70. The molecule has 0 N–H and O–H groups in total. The number of halogens is 1. The van der Waals surface area contributed by atoms with Crippen LogP contribution in [0.25, 0.3) is 16.6 Å². The summed E-state index contributed by atoms with van der Waals surface area (Å²) < 4.78 is 1.57. The molecule has 68 valence electrons. The van der Waals surface area contributed by atoms with E-state index in [4.69, 9.17) is 11.6 Å². The van der Waals surface area contributed by atoms with E-state index in [2.05, 4.69) is 15.1 Å². The summed E-state index contributed by atoms with van der Waals surface area (Å²) in [5.74, 6) is 0. The van der Waals surface area contributed by atoms with Crippen molar-refractivity contribution in [2.24, 2.45) is 0 Å². The Morgan fingerprint density at radius 3 is 3.00 bits per heavy atom. The number of nitrogens with zero attached hydrogens (tertiary/aromatic N) is 4. The predicted molar refractivity (Wildman–Crippen MR) is 53.3 cm³/mol. The van der Waals surface area contributed by atoms with Gasteiger partial charge in [0.2, 0.25) is 5.28 Å². The lowest BCUT2D eigenvalue weighted by atomic mass is 10.2. The maximum absolute atomic E-state index is 5.71. The van der Waals surface area contributed by atoms with Crippen LogP contribution in [0.4, 0.5) is 0 Å². The van der Waals surface area contributed by atoms with Gasteiger partial charge in [-0.3, -0.25) is 0 Å². The smallest absolute Gasteiger partial charge is 0.236 e. The van der Waals surface area contributed by atoms with Crippen molar-refractivity contribution in [3.63, 3.8) is 0 Å². The summed E-state index contributed by atoms with van der Waals surface area (Å²) in [6.45, 7) is 0. The fraction of sp³-hybridized carbons (Fsp3) is 0. The Labute approximate surface area is 84.2 Å². The topological polar surface area (TPSA) is 43.1 Å². The van der Waals surface area contributed by atoms with E-state index in [1.165, 1.54) is 0 Å². The highest BCUT2D eigenvalue weighted by Gasteiger charge is 2.05. The van der Waals surface area contributed by atoms with E-state index in [-0.39, 0.29) is 5.28 Å². The van der Waals surface area contributed by atoms with Gasteiger partial charge in [0.05, 0.1) is 5.52 Å². The van der Waals surface area contributed by atoms with Gasteiger partial charge in [0, 0.05) is 5.39 Å². The SMILES string of the molecule is Clc1nc2c3ccccc3ncn2n1. The molecule has 0 aliphatic heterocycles. The molecular weight excluding hydrogens is 200 g/mol. The summed E-state index contributed by atoms with van der Waals surface area (Å²) in [5, 5.41) is 5.16. The first-order valence-electron chi connectivity index (χ1n) is 4.10. The lowest BCUT2D eigenvalue weighted by molar-refractivity contribution is 0.934. The molecule has 0 amide bonds. The van der Waals surface area contributed by atoms with E-state index in [9.17, 15) is 0 Å². The monoisotopic (exact) mass is 204 g/mol. The summed E-state index contributed by atoms with van der Waals surface area (Å²) in [6, 6.07) is 7.75. The molecule has 0 aliphatic carbocycles. The first-order chi connectivity index (χ1) is 6.84. The van der Waals surface area contributed by atoms with E-state index < -0.39 is 0 Å². The van der Waals surface area contributed by atoms with Gasteiger partial charge in [-0.1, -0.05) is 12.1 Å². The van der Waals surface area contributed by atoms with Gasteiger partial charge in [-0.2, -0.15) is 4.98 Å². The van der Waals surface area contributed by atoms with Crippen LogP contribution in [0.2, 0.25) is 5.28 Å². The standard InChI is InChI=1S/C9H5ClN4/c10-9-12-8-6-3-1-2-4-7(6)11-5-14(8)13-9/h1-5H. The quantitative estimate of drug-likeness (QED) is 0.562. The van der Waals surface area contributed by atoms with Crippen molar-refractivity contribution in [1.29, 1.82) is 0 Å². The first-order valence-corrected chi connectivity index (χ1v) is 4.48. The number of benzene rings is 1. The molecule has 0 saturated carbocycles. The van der Waals surface area contributed by atoms with Crippen molar-refractivity contribution in [2.45, 2.75) is 0 Å². The Kier molecular flexibility index (Phi) is 1.46.